The van der Waals surface area contributed by atoms with Crippen LogP contribution in [0, 0.1) is 0 Å². The Morgan fingerprint density at radius 2 is 1.72 bits per heavy atom. The largest absolute Gasteiger partial charge is 0.497 e. The van der Waals surface area contributed by atoms with Crippen molar-refractivity contribution in [3.63, 3.8) is 0 Å². The molecule has 0 radical (unpaired) electrons. The molecule has 9 heteroatoms. The van der Waals surface area contributed by atoms with Gasteiger partial charge in [-0.2, -0.15) is 0 Å². The van der Waals surface area contributed by atoms with E-state index in [1.165, 1.54) is 20.3 Å². The van der Waals surface area contributed by atoms with E-state index in [9.17, 15) is 14.4 Å². The first-order valence-electron chi connectivity index (χ1n) is 7.00. The van der Waals surface area contributed by atoms with Crippen LogP contribution in [-0.2, 0) is 4.74 Å². The maximum Gasteiger partial charge on any atom is 0.413 e. The van der Waals surface area contributed by atoms with Crippen LogP contribution in [0.1, 0.15) is 20.7 Å². The van der Waals surface area contributed by atoms with Gasteiger partial charge in [0.05, 0.1) is 32.5 Å². The van der Waals surface area contributed by atoms with Crippen molar-refractivity contribution in [1.82, 2.24) is 5.32 Å². The molecule has 0 aliphatic heterocycles. The summed E-state index contributed by atoms with van der Waals surface area (Å²) in [5.74, 6) is -0.268. The van der Waals surface area contributed by atoms with E-state index in [1.807, 2.05) is 5.32 Å². The third-order valence-electron chi connectivity index (χ3n) is 3.19. The fraction of sp³-hybridized carbons (Fsp3) is 0.188. The average Bonchev–Trinajstić information content (AvgIpc) is 3.08. The molecule has 132 valence electrons. The highest BCUT2D eigenvalue weighted by molar-refractivity contribution is 7.14. The lowest BCUT2D eigenvalue weighted by atomic mass is 10.1. The van der Waals surface area contributed by atoms with Crippen molar-refractivity contribution >= 4 is 34.2 Å². The van der Waals surface area contributed by atoms with Crippen LogP contribution in [-0.4, -0.2) is 39.2 Å². The molecular formula is C16H16N2O6S. The minimum absolute atomic E-state index is 0.149. The predicted octanol–water partition coefficient (Wildman–Crippen LogP) is 2.51. The molecule has 1 aromatic carbocycles. The van der Waals surface area contributed by atoms with Crippen LogP contribution in [0.3, 0.4) is 0 Å². The molecule has 25 heavy (non-hydrogen) atoms. The molecule has 0 aliphatic carbocycles. The van der Waals surface area contributed by atoms with E-state index in [4.69, 9.17) is 9.47 Å². The molecular weight excluding hydrogens is 348 g/mol. The number of methoxy groups -OCH3 is 3. The molecule has 0 atom stereocenters. The van der Waals surface area contributed by atoms with E-state index in [-0.39, 0.29) is 11.1 Å². The maximum absolute atomic E-state index is 12.5. The second kappa shape index (κ2) is 8.15. The first-order chi connectivity index (χ1) is 12.0. The number of benzene rings is 1. The van der Waals surface area contributed by atoms with Gasteiger partial charge in [-0.05, 0) is 23.6 Å². The number of imide groups is 1. The standard InChI is InChI=1S/C16H16N2O6S/c1-22-9-4-5-10(12(8-9)23-2)13(19)17-15-11(6-7-25-15)14(20)18-16(21)24-3/h4-8H,1-3H3,(H,17,19)(H,18,20,21). The molecule has 0 unspecified atom stereocenters. The topological polar surface area (TPSA) is 103 Å². The van der Waals surface area contributed by atoms with E-state index < -0.39 is 17.9 Å². The number of thiophene rings is 1. The van der Waals surface area contributed by atoms with Gasteiger partial charge in [-0.25, -0.2) is 4.79 Å². The van der Waals surface area contributed by atoms with E-state index in [1.54, 1.807) is 23.6 Å². The van der Waals surface area contributed by atoms with Gasteiger partial charge in [0.2, 0.25) is 0 Å². The normalized spacial score (nSPS) is 9.88. The Hall–Kier alpha value is -3.07. The highest BCUT2D eigenvalue weighted by Gasteiger charge is 2.20. The van der Waals surface area contributed by atoms with Crippen molar-refractivity contribution < 1.29 is 28.6 Å². The van der Waals surface area contributed by atoms with Crippen LogP contribution >= 0.6 is 11.3 Å². The summed E-state index contributed by atoms with van der Waals surface area (Å²) < 4.78 is 14.7. The minimum Gasteiger partial charge on any atom is -0.497 e. The van der Waals surface area contributed by atoms with Crippen LogP contribution in [0.15, 0.2) is 29.6 Å². The smallest absolute Gasteiger partial charge is 0.413 e. The van der Waals surface area contributed by atoms with Crippen LogP contribution in [0.25, 0.3) is 0 Å². The Labute approximate surface area is 147 Å². The highest BCUT2D eigenvalue weighted by atomic mass is 32.1. The number of anilines is 1. The van der Waals surface area contributed by atoms with E-state index in [2.05, 4.69) is 10.1 Å². The lowest BCUT2D eigenvalue weighted by Gasteiger charge is -2.11. The van der Waals surface area contributed by atoms with Crippen molar-refractivity contribution in [1.29, 1.82) is 0 Å². The summed E-state index contributed by atoms with van der Waals surface area (Å²) in [6, 6.07) is 6.24. The van der Waals surface area contributed by atoms with Gasteiger partial charge < -0.3 is 19.5 Å². The number of amides is 3. The molecule has 2 aromatic rings. The van der Waals surface area contributed by atoms with Gasteiger partial charge in [-0.1, -0.05) is 0 Å². The minimum atomic E-state index is -0.884. The van der Waals surface area contributed by atoms with E-state index in [0.29, 0.717) is 16.5 Å². The average molecular weight is 364 g/mol. The number of carbonyl (C=O) groups excluding carboxylic acids is 3. The molecule has 2 rings (SSSR count). The predicted molar refractivity (Wildman–Crippen MR) is 91.7 cm³/mol. The first kappa shape index (κ1) is 18.3. The lowest BCUT2D eigenvalue weighted by molar-refractivity contribution is 0.0938. The van der Waals surface area contributed by atoms with Crippen molar-refractivity contribution in [3.05, 3.63) is 40.8 Å². The summed E-state index contributed by atoms with van der Waals surface area (Å²) in [6.07, 6.45) is -0.884. The Morgan fingerprint density at radius 1 is 0.960 bits per heavy atom. The third kappa shape index (κ3) is 4.27. The Morgan fingerprint density at radius 3 is 2.36 bits per heavy atom. The van der Waals surface area contributed by atoms with Crippen LogP contribution in [0.4, 0.5) is 9.80 Å². The molecule has 0 fully saturated rings. The first-order valence-corrected chi connectivity index (χ1v) is 7.88. The molecule has 2 N–H and O–H groups in total. The van der Waals surface area contributed by atoms with Gasteiger partial charge in [-0.15, -0.1) is 11.3 Å². The number of nitrogens with one attached hydrogen (secondary N) is 2. The maximum atomic E-state index is 12.5. The van der Waals surface area contributed by atoms with Crippen molar-refractivity contribution in [2.75, 3.05) is 26.6 Å². The molecule has 0 bridgehead atoms. The molecule has 0 aliphatic rings. The second-order valence-corrected chi connectivity index (χ2v) is 5.55. The fourth-order valence-corrected chi connectivity index (χ4v) is 2.73. The van der Waals surface area contributed by atoms with Gasteiger partial charge in [0.15, 0.2) is 0 Å². The zero-order chi connectivity index (χ0) is 18.4. The Kier molecular flexibility index (Phi) is 5.96. The van der Waals surface area contributed by atoms with E-state index >= 15 is 0 Å². The summed E-state index contributed by atoms with van der Waals surface area (Å²) in [7, 11) is 4.09. The van der Waals surface area contributed by atoms with Crippen molar-refractivity contribution in [2.45, 2.75) is 0 Å². The zero-order valence-corrected chi connectivity index (χ0v) is 14.6. The monoisotopic (exact) mass is 364 g/mol. The van der Waals surface area contributed by atoms with Gasteiger partial charge in [0.25, 0.3) is 11.8 Å². The number of hydrogen-bond acceptors (Lipinski definition) is 7. The third-order valence-corrected chi connectivity index (χ3v) is 4.02. The van der Waals surface area contributed by atoms with E-state index in [0.717, 1.165) is 18.4 Å². The van der Waals surface area contributed by atoms with Crippen molar-refractivity contribution in [2.24, 2.45) is 0 Å². The summed E-state index contributed by atoms with van der Waals surface area (Å²) >= 11 is 1.15. The second-order valence-electron chi connectivity index (χ2n) is 4.63. The zero-order valence-electron chi connectivity index (χ0n) is 13.7. The number of rotatable bonds is 5. The van der Waals surface area contributed by atoms with Gasteiger partial charge in [0, 0.05) is 6.07 Å². The number of carbonyl (C=O) groups is 3. The summed E-state index contributed by atoms with van der Waals surface area (Å²) in [5, 5.41) is 6.59. The number of hydrogen-bond donors (Lipinski definition) is 2. The Bertz CT molecular complexity index is 802. The SMILES string of the molecule is COC(=O)NC(=O)c1ccsc1NC(=O)c1ccc(OC)cc1OC. The molecule has 0 saturated carbocycles. The quantitative estimate of drug-likeness (QED) is 0.845. The Balaban J connectivity index is 2.21. The van der Waals surface area contributed by atoms with Gasteiger partial charge in [0.1, 0.15) is 16.5 Å². The van der Waals surface area contributed by atoms with Crippen LogP contribution in [0.5, 0.6) is 11.5 Å². The number of ether oxygens (including phenoxy) is 3. The molecule has 8 nitrogen and oxygen atoms in total. The molecule has 0 spiro atoms. The summed E-state index contributed by atoms with van der Waals surface area (Å²) in [6.45, 7) is 0. The van der Waals surface area contributed by atoms with Gasteiger partial charge >= 0.3 is 6.09 Å². The lowest BCUT2D eigenvalue weighted by Crippen LogP contribution is -2.30. The molecule has 3 amide bonds. The van der Waals surface area contributed by atoms with Crippen molar-refractivity contribution in [3.8, 4) is 11.5 Å². The number of alkyl carbamates (subject to hydrolysis) is 1. The van der Waals surface area contributed by atoms with Crippen LogP contribution < -0.4 is 20.1 Å². The highest BCUT2D eigenvalue weighted by Crippen LogP contribution is 2.28. The van der Waals surface area contributed by atoms with Gasteiger partial charge in [-0.3, -0.25) is 14.9 Å². The molecule has 1 heterocycles. The fourth-order valence-electron chi connectivity index (χ4n) is 1.95. The molecule has 1 aromatic heterocycles. The van der Waals surface area contributed by atoms with Crippen LogP contribution in [0.2, 0.25) is 0 Å². The summed E-state index contributed by atoms with van der Waals surface area (Å²) in [5.41, 5.74) is 0.423. The summed E-state index contributed by atoms with van der Waals surface area (Å²) in [4.78, 5) is 35.7. The molecule has 0 saturated heterocycles.